The standard InChI is InChI=1S/C11H16N4O2S2/c1-7-10(6-15(3)13-7)14-19(16,17)11-4-9(5-12)18-8(11)2/h4,6,14H,5,12H2,1-3H3. The van der Waals surface area contributed by atoms with E-state index in [0.717, 1.165) is 9.75 Å². The van der Waals surface area contributed by atoms with Gasteiger partial charge >= 0.3 is 0 Å². The monoisotopic (exact) mass is 300 g/mol. The highest BCUT2D eigenvalue weighted by molar-refractivity contribution is 7.93. The molecule has 0 aliphatic heterocycles. The number of sulfonamides is 1. The Morgan fingerprint density at radius 3 is 2.63 bits per heavy atom. The van der Waals surface area contributed by atoms with Gasteiger partial charge in [0.1, 0.15) is 4.90 Å². The van der Waals surface area contributed by atoms with Gasteiger partial charge in [-0.1, -0.05) is 0 Å². The number of anilines is 1. The number of aryl methyl sites for hydroxylation is 3. The summed E-state index contributed by atoms with van der Waals surface area (Å²) in [5.41, 5.74) is 6.66. The van der Waals surface area contributed by atoms with Gasteiger partial charge in [0.2, 0.25) is 0 Å². The third kappa shape index (κ3) is 2.80. The van der Waals surface area contributed by atoms with Crippen molar-refractivity contribution < 1.29 is 8.42 Å². The van der Waals surface area contributed by atoms with Gasteiger partial charge in [-0.2, -0.15) is 5.10 Å². The largest absolute Gasteiger partial charge is 0.326 e. The first-order valence-corrected chi connectivity index (χ1v) is 7.96. The van der Waals surface area contributed by atoms with Crippen LogP contribution in [0, 0.1) is 13.8 Å². The zero-order chi connectivity index (χ0) is 14.2. The normalized spacial score (nSPS) is 11.8. The molecular formula is C11H16N4O2S2. The lowest BCUT2D eigenvalue weighted by molar-refractivity contribution is 0.601. The van der Waals surface area contributed by atoms with E-state index >= 15 is 0 Å². The van der Waals surface area contributed by atoms with Crippen molar-refractivity contribution in [3.8, 4) is 0 Å². The van der Waals surface area contributed by atoms with Crippen LogP contribution < -0.4 is 10.5 Å². The second-order valence-corrected chi connectivity index (χ2v) is 7.24. The van der Waals surface area contributed by atoms with Crippen molar-refractivity contribution in [3.63, 3.8) is 0 Å². The van der Waals surface area contributed by atoms with Crippen molar-refractivity contribution in [1.82, 2.24) is 9.78 Å². The molecule has 6 nitrogen and oxygen atoms in total. The number of aromatic nitrogens is 2. The fourth-order valence-corrected chi connectivity index (χ4v) is 4.41. The molecule has 19 heavy (non-hydrogen) atoms. The summed E-state index contributed by atoms with van der Waals surface area (Å²) >= 11 is 1.40. The van der Waals surface area contributed by atoms with E-state index in [0.29, 0.717) is 17.9 Å². The number of rotatable bonds is 4. The molecule has 8 heteroatoms. The molecule has 2 rings (SSSR count). The molecule has 0 atom stereocenters. The predicted molar refractivity (Wildman–Crippen MR) is 75.7 cm³/mol. The van der Waals surface area contributed by atoms with Gasteiger partial charge < -0.3 is 5.73 Å². The number of nitrogens with zero attached hydrogens (tertiary/aromatic N) is 2. The third-order valence-corrected chi connectivity index (χ3v) is 5.37. The topological polar surface area (TPSA) is 90.0 Å². The van der Waals surface area contributed by atoms with Crippen molar-refractivity contribution >= 4 is 27.0 Å². The van der Waals surface area contributed by atoms with E-state index in [4.69, 9.17) is 5.73 Å². The first-order chi connectivity index (χ1) is 8.83. The molecule has 0 saturated carbocycles. The van der Waals surface area contributed by atoms with E-state index in [-0.39, 0.29) is 4.90 Å². The van der Waals surface area contributed by atoms with E-state index in [2.05, 4.69) is 9.82 Å². The summed E-state index contributed by atoms with van der Waals surface area (Å²) in [5.74, 6) is 0. The van der Waals surface area contributed by atoms with Crippen LogP contribution in [0.2, 0.25) is 0 Å². The van der Waals surface area contributed by atoms with Crippen LogP contribution in [-0.4, -0.2) is 18.2 Å². The molecule has 2 aromatic rings. The van der Waals surface area contributed by atoms with Crippen molar-refractivity contribution in [2.45, 2.75) is 25.3 Å². The second kappa shape index (κ2) is 4.95. The molecule has 2 aromatic heterocycles. The summed E-state index contributed by atoms with van der Waals surface area (Å²) in [7, 11) is -1.85. The Hall–Kier alpha value is -1.38. The van der Waals surface area contributed by atoms with Crippen LogP contribution >= 0.6 is 11.3 Å². The minimum Gasteiger partial charge on any atom is -0.326 e. The van der Waals surface area contributed by atoms with Gasteiger partial charge in [0.25, 0.3) is 10.0 Å². The molecule has 0 aliphatic carbocycles. The predicted octanol–water partition coefficient (Wildman–Crippen LogP) is 1.36. The van der Waals surface area contributed by atoms with Crippen LogP contribution in [0.15, 0.2) is 17.2 Å². The summed E-state index contributed by atoms with van der Waals surface area (Å²) in [6.45, 7) is 3.87. The minimum absolute atomic E-state index is 0.279. The smallest absolute Gasteiger partial charge is 0.263 e. The van der Waals surface area contributed by atoms with Crippen molar-refractivity contribution in [3.05, 3.63) is 27.7 Å². The van der Waals surface area contributed by atoms with Gasteiger partial charge in [-0.25, -0.2) is 8.42 Å². The molecule has 2 heterocycles. The van der Waals surface area contributed by atoms with E-state index in [1.165, 1.54) is 11.3 Å². The highest BCUT2D eigenvalue weighted by Gasteiger charge is 2.21. The number of nitrogens with one attached hydrogen (secondary N) is 1. The second-order valence-electron chi connectivity index (χ2n) is 4.24. The first-order valence-electron chi connectivity index (χ1n) is 5.66. The van der Waals surface area contributed by atoms with Gasteiger partial charge in [-0.05, 0) is 19.9 Å². The van der Waals surface area contributed by atoms with Crippen molar-refractivity contribution in [2.75, 3.05) is 4.72 Å². The number of hydrogen-bond acceptors (Lipinski definition) is 5. The zero-order valence-electron chi connectivity index (χ0n) is 11.0. The Morgan fingerprint density at radius 1 is 1.47 bits per heavy atom. The van der Waals surface area contributed by atoms with Crippen LogP contribution in [0.25, 0.3) is 0 Å². The van der Waals surface area contributed by atoms with Gasteiger partial charge in [0, 0.05) is 29.5 Å². The molecule has 3 N–H and O–H groups in total. The van der Waals surface area contributed by atoms with Crippen molar-refractivity contribution in [2.24, 2.45) is 12.8 Å². The van der Waals surface area contributed by atoms with E-state index in [1.807, 2.05) is 0 Å². The first kappa shape index (κ1) is 14.0. The summed E-state index contributed by atoms with van der Waals surface area (Å²) in [5, 5.41) is 4.11. The maximum absolute atomic E-state index is 12.3. The minimum atomic E-state index is -3.59. The molecule has 0 aliphatic rings. The molecular weight excluding hydrogens is 284 g/mol. The van der Waals surface area contributed by atoms with Gasteiger partial charge in [-0.3, -0.25) is 9.40 Å². The van der Waals surface area contributed by atoms with E-state index in [1.54, 1.807) is 37.8 Å². The number of thiophene rings is 1. The Bertz CT molecular complexity index is 700. The van der Waals surface area contributed by atoms with E-state index in [9.17, 15) is 8.42 Å². The molecule has 0 unspecified atom stereocenters. The lowest BCUT2D eigenvalue weighted by Crippen LogP contribution is -2.13. The van der Waals surface area contributed by atoms with Gasteiger partial charge in [0.15, 0.2) is 0 Å². The summed E-state index contributed by atoms with van der Waals surface area (Å²) in [6, 6.07) is 1.62. The van der Waals surface area contributed by atoms with Crippen LogP contribution in [0.3, 0.4) is 0 Å². The van der Waals surface area contributed by atoms with Crippen LogP contribution in [0.4, 0.5) is 5.69 Å². The highest BCUT2D eigenvalue weighted by Crippen LogP contribution is 2.27. The lowest BCUT2D eigenvalue weighted by atomic mass is 10.4. The molecule has 0 saturated heterocycles. The molecule has 0 radical (unpaired) electrons. The Morgan fingerprint density at radius 2 is 2.16 bits per heavy atom. The third-order valence-electron chi connectivity index (χ3n) is 2.67. The fraction of sp³-hybridized carbons (Fsp3) is 0.364. The number of hydrogen-bond donors (Lipinski definition) is 2. The molecule has 0 amide bonds. The molecule has 0 aromatic carbocycles. The molecule has 0 spiro atoms. The average molecular weight is 300 g/mol. The van der Waals surface area contributed by atoms with Crippen molar-refractivity contribution in [1.29, 1.82) is 0 Å². The fourth-order valence-electron chi connectivity index (χ4n) is 1.79. The maximum Gasteiger partial charge on any atom is 0.263 e. The van der Waals surface area contributed by atoms with Gasteiger partial charge in [0.05, 0.1) is 11.4 Å². The summed E-state index contributed by atoms with van der Waals surface area (Å²) in [6.07, 6.45) is 1.64. The van der Waals surface area contributed by atoms with Gasteiger partial charge in [-0.15, -0.1) is 11.3 Å². The quantitative estimate of drug-likeness (QED) is 0.892. The highest BCUT2D eigenvalue weighted by atomic mass is 32.2. The Balaban J connectivity index is 2.37. The Labute approximate surface area is 116 Å². The lowest BCUT2D eigenvalue weighted by Gasteiger charge is -2.05. The summed E-state index contributed by atoms with van der Waals surface area (Å²) < 4.78 is 28.8. The maximum atomic E-state index is 12.3. The molecule has 104 valence electrons. The molecule has 0 bridgehead atoms. The Kier molecular flexibility index (Phi) is 3.66. The van der Waals surface area contributed by atoms with Crippen LogP contribution in [0.5, 0.6) is 0 Å². The van der Waals surface area contributed by atoms with Crippen LogP contribution in [0.1, 0.15) is 15.4 Å². The number of nitrogens with two attached hydrogens (primary N) is 1. The van der Waals surface area contributed by atoms with Crippen LogP contribution in [-0.2, 0) is 23.6 Å². The van der Waals surface area contributed by atoms with E-state index < -0.39 is 10.0 Å². The zero-order valence-corrected chi connectivity index (χ0v) is 12.6. The summed E-state index contributed by atoms with van der Waals surface area (Å²) in [4.78, 5) is 1.86. The SMILES string of the molecule is Cc1nn(C)cc1NS(=O)(=O)c1cc(CN)sc1C. The average Bonchev–Trinajstić information content (AvgIpc) is 2.82. The molecule has 0 fully saturated rings.